The van der Waals surface area contributed by atoms with Crippen molar-refractivity contribution in [3.05, 3.63) is 53.3 Å². The summed E-state index contributed by atoms with van der Waals surface area (Å²) in [5.41, 5.74) is 3.34. The molecule has 1 aromatic carbocycles. The van der Waals surface area contributed by atoms with Crippen LogP contribution in [0.4, 0.5) is 4.79 Å². The van der Waals surface area contributed by atoms with Crippen molar-refractivity contribution in [3.63, 3.8) is 0 Å². The Bertz CT molecular complexity index is 557. The molecule has 2 rings (SSSR count). The summed E-state index contributed by atoms with van der Waals surface area (Å²) in [5.74, 6) is 0. The molecule has 0 aliphatic carbocycles. The summed E-state index contributed by atoms with van der Waals surface area (Å²) >= 11 is 0. The Balaban J connectivity index is 2.11. The number of nitrogens with zero attached hydrogens (tertiary/aromatic N) is 3. The van der Waals surface area contributed by atoms with Crippen molar-refractivity contribution in [3.8, 4) is 0 Å². The summed E-state index contributed by atoms with van der Waals surface area (Å²) in [7, 11) is 0. The van der Waals surface area contributed by atoms with Crippen LogP contribution in [-0.4, -0.2) is 27.3 Å². The molecule has 0 bridgehead atoms. The number of hydrogen-bond acceptors (Lipinski definition) is 2. The monoisotopic (exact) mass is 257 g/mol. The largest absolute Gasteiger partial charge is 0.344 e. The maximum Gasteiger partial charge on any atom is 0.344 e. The van der Waals surface area contributed by atoms with Crippen LogP contribution in [0.2, 0.25) is 0 Å². The lowest BCUT2D eigenvalue weighted by atomic mass is 10.1. The molecule has 2 aromatic rings. The fourth-order valence-electron chi connectivity index (χ4n) is 1.89. The molecule has 4 nitrogen and oxygen atoms in total. The average Bonchev–Trinajstić information content (AvgIpc) is 2.84. The van der Waals surface area contributed by atoms with E-state index in [1.165, 1.54) is 10.2 Å². The zero-order valence-electron chi connectivity index (χ0n) is 11.6. The highest BCUT2D eigenvalue weighted by Crippen LogP contribution is 2.08. The summed E-state index contributed by atoms with van der Waals surface area (Å²) in [6.45, 7) is 7.22. The molecular weight excluding hydrogens is 238 g/mol. The van der Waals surface area contributed by atoms with E-state index in [4.69, 9.17) is 0 Å². The van der Waals surface area contributed by atoms with Crippen molar-refractivity contribution in [1.82, 2.24) is 14.7 Å². The van der Waals surface area contributed by atoms with E-state index in [0.717, 1.165) is 11.1 Å². The van der Waals surface area contributed by atoms with Crippen LogP contribution in [0.3, 0.4) is 0 Å². The molecule has 0 aliphatic rings. The highest BCUT2D eigenvalue weighted by molar-refractivity contribution is 5.75. The predicted octanol–water partition coefficient (Wildman–Crippen LogP) is 2.99. The molecule has 1 heterocycles. The average molecular weight is 257 g/mol. The lowest BCUT2D eigenvalue weighted by Crippen LogP contribution is -2.34. The Morgan fingerprint density at radius 3 is 2.42 bits per heavy atom. The van der Waals surface area contributed by atoms with Gasteiger partial charge in [-0.25, -0.2) is 4.79 Å². The van der Waals surface area contributed by atoms with E-state index in [0.29, 0.717) is 13.1 Å². The molecule has 100 valence electrons. The third-order valence-electron chi connectivity index (χ3n) is 3.05. The number of aryl methyl sites for hydroxylation is 2. The van der Waals surface area contributed by atoms with Crippen molar-refractivity contribution >= 4 is 6.03 Å². The minimum atomic E-state index is -0.0869. The van der Waals surface area contributed by atoms with Gasteiger partial charge >= 0.3 is 6.03 Å². The number of aromatic nitrogens is 2. The number of rotatable bonds is 3. The van der Waals surface area contributed by atoms with Crippen LogP contribution in [0.1, 0.15) is 23.6 Å². The molecular formula is C15H19N3O. The summed E-state index contributed by atoms with van der Waals surface area (Å²) < 4.78 is 1.40. The van der Waals surface area contributed by atoms with Gasteiger partial charge in [-0.3, -0.25) is 0 Å². The van der Waals surface area contributed by atoms with E-state index in [1.807, 2.05) is 13.8 Å². The maximum atomic E-state index is 12.3. The summed E-state index contributed by atoms with van der Waals surface area (Å²) in [6, 6.07) is 8.15. The van der Waals surface area contributed by atoms with E-state index < -0.39 is 0 Å². The molecule has 0 N–H and O–H groups in total. The molecule has 0 saturated carbocycles. The molecule has 0 radical (unpaired) electrons. The Morgan fingerprint density at radius 2 is 1.89 bits per heavy atom. The lowest BCUT2D eigenvalue weighted by molar-refractivity contribution is 0.196. The highest BCUT2D eigenvalue weighted by atomic mass is 16.2. The zero-order valence-corrected chi connectivity index (χ0v) is 11.6. The third kappa shape index (κ3) is 3.22. The van der Waals surface area contributed by atoms with E-state index >= 15 is 0 Å². The first-order valence-electron chi connectivity index (χ1n) is 6.46. The minimum absolute atomic E-state index is 0.0869. The maximum absolute atomic E-state index is 12.3. The second-order valence-electron chi connectivity index (χ2n) is 4.74. The van der Waals surface area contributed by atoms with E-state index in [-0.39, 0.29) is 6.03 Å². The van der Waals surface area contributed by atoms with Gasteiger partial charge in [-0.15, -0.1) is 0 Å². The van der Waals surface area contributed by atoms with E-state index in [2.05, 4.69) is 36.3 Å². The van der Waals surface area contributed by atoms with Gasteiger partial charge in [0.1, 0.15) is 0 Å². The van der Waals surface area contributed by atoms with Gasteiger partial charge in [-0.2, -0.15) is 9.78 Å². The Labute approximate surface area is 113 Å². The normalized spacial score (nSPS) is 10.5. The first-order valence-corrected chi connectivity index (χ1v) is 6.46. The standard InChI is InChI=1S/C15H19N3O/c1-4-17(11-14-7-5-12(2)6-8-14)15(19)18-10-13(3)9-16-18/h5-10H,4,11H2,1-3H3. The van der Waals surface area contributed by atoms with Gasteiger partial charge in [-0.05, 0) is 31.9 Å². The van der Waals surface area contributed by atoms with Crippen LogP contribution >= 0.6 is 0 Å². The van der Waals surface area contributed by atoms with Gasteiger partial charge in [0.15, 0.2) is 0 Å². The Hall–Kier alpha value is -2.10. The van der Waals surface area contributed by atoms with Crippen LogP contribution in [0.15, 0.2) is 36.7 Å². The Morgan fingerprint density at radius 1 is 1.21 bits per heavy atom. The van der Waals surface area contributed by atoms with Crippen molar-refractivity contribution in [2.75, 3.05) is 6.54 Å². The molecule has 1 amide bonds. The Kier molecular flexibility index (Phi) is 4.00. The van der Waals surface area contributed by atoms with Crippen LogP contribution in [0.5, 0.6) is 0 Å². The summed E-state index contributed by atoms with van der Waals surface area (Å²) in [5, 5.41) is 4.07. The number of hydrogen-bond donors (Lipinski definition) is 0. The predicted molar refractivity (Wildman–Crippen MR) is 75.0 cm³/mol. The van der Waals surface area contributed by atoms with Gasteiger partial charge in [-0.1, -0.05) is 29.8 Å². The van der Waals surface area contributed by atoms with Gasteiger partial charge < -0.3 is 4.90 Å². The van der Waals surface area contributed by atoms with Gasteiger partial charge in [0.25, 0.3) is 0 Å². The second kappa shape index (κ2) is 5.69. The SMILES string of the molecule is CCN(Cc1ccc(C)cc1)C(=O)n1cc(C)cn1. The first-order chi connectivity index (χ1) is 9.10. The van der Waals surface area contributed by atoms with Crippen LogP contribution in [0, 0.1) is 13.8 Å². The second-order valence-corrected chi connectivity index (χ2v) is 4.74. The quantitative estimate of drug-likeness (QED) is 0.847. The molecule has 0 atom stereocenters. The topological polar surface area (TPSA) is 38.1 Å². The minimum Gasteiger partial charge on any atom is -0.319 e. The van der Waals surface area contributed by atoms with Gasteiger partial charge in [0, 0.05) is 19.3 Å². The van der Waals surface area contributed by atoms with Crippen LogP contribution < -0.4 is 0 Å². The molecule has 0 aliphatic heterocycles. The molecule has 0 fully saturated rings. The molecule has 4 heteroatoms. The summed E-state index contributed by atoms with van der Waals surface area (Å²) in [6.07, 6.45) is 3.44. The van der Waals surface area contributed by atoms with Crippen molar-refractivity contribution < 1.29 is 4.79 Å². The number of carbonyl (C=O) groups excluding carboxylic acids is 1. The number of carbonyl (C=O) groups is 1. The van der Waals surface area contributed by atoms with Gasteiger partial charge in [0.05, 0.1) is 6.20 Å². The zero-order chi connectivity index (χ0) is 13.8. The van der Waals surface area contributed by atoms with E-state index in [1.54, 1.807) is 17.3 Å². The molecule has 0 unspecified atom stereocenters. The molecule has 19 heavy (non-hydrogen) atoms. The number of benzene rings is 1. The lowest BCUT2D eigenvalue weighted by Gasteiger charge is -2.20. The van der Waals surface area contributed by atoms with Crippen LogP contribution in [-0.2, 0) is 6.54 Å². The number of amides is 1. The van der Waals surface area contributed by atoms with Crippen molar-refractivity contribution in [1.29, 1.82) is 0 Å². The fraction of sp³-hybridized carbons (Fsp3) is 0.333. The third-order valence-corrected chi connectivity index (χ3v) is 3.05. The van der Waals surface area contributed by atoms with E-state index in [9.17, 15) is 4.79 Å². The molecule has 0 saturated heterocycles. The highest BCUT2D eigenvalue weighted by Gasteiger charge is 2.14. The molecule has 0 spiro atoms. The van der Waals surface area contributed by atoms with Crippen LogP contribution in [0.25, 0.3) is 0 Å². The molecule has 1 aromatic heterocycles. The first kappa shape index (κ1) is 13.3. The van der Waals surface area contributed by atoms with Crippen molar-refractivity contribution in [2.45, 2.75) is 27.3 Å². The fourth-order valence-corrected chi connectivity index (χ4v) is 1.89. The van der Waals surface area contributed by atoms with Crippen molar-refractivity contribution in [2.24, 2.45) is 0 Å². The smallest absolute Gasteiger partial charge is 0.319 e. The van der Waals surface area contributed by atoms with Gasteiger partial charge in [0.2, 0.25) is 0 Å². The summed E-state index contributed by atoms with van der Waals surface area (Å²) in [4.78, 5) is 14.1.